The van der Waals surface area contributed by atoms with Crippen molar-refractivity contribution in [3.63, 3.8) is 0 Å². The van der Waals surface area contributed by atoms with Crippen LogP contribution < -0.4 is 10.9 Å². The van der Waals surface area contributed by atoms with E-state index >= 15 is 0 Å². The van der Waals surface area contributed by atoms with Crippen molar-refractivity contribution in [2.45, 2.75) is 33.2 Å². The van der Waals surface area contributed by atoms with Gasteiger partial charge in [-0.15, -0.1) is 0 Å². The zero-order valence-electron chi connectivity index (χ0n) is 17.6. The number of amides is 1. The summed E-state index contributed by atoms with van der Waals surface area (Å²) in [6.45, 7) is 4.91. The molecule has 0 aliphatic heterocycles. The number of rotatable bonds is 5. The van der Waals surface area contributed by atoms with Crippen LogP contribution in [-0.4, -0.2) is 23.0 Å². The summed E-state index contributed by atoms with van der Waals surface area (Å²) in [6, 6.07) is 8.19. The molecule has 4 rings (SSSR count). The van der Waals surface area contributed by atoms with Crippen LogP contribution >= 0.6 is 11.6 Å². The van der Waals surface area contributed by atoms with Crippen LogP contribution in [0.2, 0.25) is 5.02 Å². The van der Waals surface area contributed by atoms with Crippen molar-refractivity contribution in [2.24, 2.45) is 0 Å². The first kappa shape index (κ1) is 21.6. The van der Waals surface area contributed by atoms with E-state index in [1.165, 1.54) is 6.92 Å². The number of hydrogen-bond donors (Lipinski definition) is 2. The Morgan fingerprint density at radius 1 is 1.09 bits per heavy atom. The molecule has 0 bridgehead atoms. The lowest BCUT2D eigenvalue weighted by Gasteiger charge is -2.12. The van der Waals surface area contributed by atoms with Crippen molar-refractivity contribution in [2.75, 3.05) is 0 Å². The number of benzene rings is 2. The van der Waals surface area contributed by atoms with Gasteiger partial charge in [0, 0.05) is 26.9 Å². The van der Waals surface area contributed by atoms with Gasteiger partial charge in [0.1, 0.15) is 17.2 Å². The monoisotopic (exact) mass is 453 g/mol. The van der Waals surface area contributed by atoms with Gasteiger partial charge >= 0.3 is 11.6 Å². The maximum absolute atomic E-state index is 12.6. The third-order valence-corrected chi connectivity index (χ3v) is 5.83. The molecule has 2 heterocycles. The van der Waals surface area contributed by atoms with Gasteiger partial charge in [0.15, 0.2) is 0 Å². The summed E-state index contributed by atoms with van der Waals surface area (Å²) in [5.74, 6) is -1.73. The highest BCUT2D eigenvalue weighted by Gasteiger charge is 2.21. The summed E-state index contributed by atoms with van der Waals surface area (Å²) >= 11 is 6.01. The topological polar surface area (TPSA) is 110 Å². The number of fused-ring (bicyclic) bond motifs is 2. The van der Waals surface area contributed by atoms with Gasteiger partial charge in [-0.2, -0.15) is 0 Å². The fraction of sp³-hybridized carbons (Fsp3) is 0.208. The number of hydrogen-bond acceptors (Lipinski definition) is 5. The molecule has 0 spiro atoms. The van der Waals surface area contributed by atoms with Crippen LogP contribution in [0.15, 0.2) is 50.2 Å². The predicted octanol–water partition coefficient (Wildman–Crippen LogP) is 4.61. The van der Waals surface area contributed by atoms with E-state index in [4.69, 9.17) is 25.5 Å². The molecular weight excluding hydrogens is 434 g/mol. The molecule has 0 fully saturated rings. The van der Waals surface area contributed by atoms with Crippen LogP contribution in [0.1, 0.15) is 23.6 Å². The molecule has 2 aromatic carbocycles. The van der Waals surface area contributed by atoms with Crippen LogP contribution in [0.25, 0.3) is 33.1 Å². The molecule has 0 unspecified atom stereocenters. The Bertz CT molecular complexity index is 1430. The SMILES string of the molecule is Cc1c(CC(=O)N[C@@H](C)C(=O)O)c(=O)oc2c(C)c3occ(-c4ccc(Cl)cc4)c3cc12. The van der Waals surface area contributed by atoms with Crippen molar-refractivity contribution in [3.05, 3.63) is 68.7 Å². The summed E-state index contributed by atoms with van der Waals surface area (Å²) in [6.07, 6.45) is 1.36. The summed E-state index contributed by atoms with van der Waals surface area (Å²) in [5, 5.41) is 13.5. The summed E-state index contributed by atoms with van der Waals surface area (Å²) in [5.41, 5.74) is 3.59. The van der Waals surface area contributed by atoms with Crippen LogP contribution in [-0.2, 0) is 16.0 Å². The smallest absolute Gasteiger partial charge is 0.340 e. The highest BCUT2D eigenvalue weighted by atomic mass is 35.5. The maximum Gasteiger partial charge on any atom is 0.340 e. The molecule has 0 radical (unpaired) electrons. The minimum Gasteiger partial charge on any atom is -0.480 e. The van der Waals surface area contributed by atoms with Crippen molar-refractivity contribution in [1.82, 2.24) is 5.32 Å². The fourth-order valence-corrected chi connectivity index (χ4v) is 3.89. The maximum atomic E-state index is 12.6. The fourth-order valence-electron chi connectivity index (χ4n) is 3.77. The van der Waals surface area contributed by atoms with E-state index in [0.29, 0.717) is 32.7 Å². The van der Waals surface area contributed by atoms with Crippen molar-refractivity contribution in [3.8, 4) is 11.1 Å². The standard InChI is InChI=1S/C24H20ClNO6/c1-11-16-8-18-19(14-4-6-15(25)7-5-14)10-31-21(18)12(2)22(16)32-24(30)17(11)9-20(27)26-13(3)23(28)29/h4-8,10,13H,9H2,1-3H3,(H,26,27)(H,28,29)/t13-/m0/s1. The van der Waals surface area contributed by atoms with Gasteiger partial charge in [-0.3, -0.25) is 9.59 Å². The lowest BCUT2D eigenvalue weighted by molar-refractivity contribution is -0.141. The molecule has 1 atom stereocenters. The quantitative estimate of drug-likeness (QED) is 0.427. The highest BCUT2D eigenvalue weighted by molar-refractivity contribution is 6.30. The van der Waals surface area contributed by atoms with E-state index in [9.17, 15) is 14.4 Å². The largest absolute Gasteiger partial charge is 0.480 e. The van der Waals surface area contributed by atoms with Crippen LogP contribution in [0.5, 0.6) is 0 Å². The number of furan rings is 1. The molecule has 2 aromatic heterocycles. The van der Waals surface area contributed by atoms with Crippen molar-refractivity contribution < 1.29 is 23.5 Å². The van der Waals surface area contributed by atoms with Crippen molar-refractivity contribution in [1.29, 1.82) is 0 Å². The van der Waals surface area contributed by atoms with E-state index < -0.39 is 23.5 Å². The number of carboxylic acids is 1. The highest BCUT2D eigenvalue weighted by Crippen LogP contribution is 2.37. The second-order valence-electron chi connectivity index (χ2n) is 7.71. The first-order valence-electron chi connectivity index (χ1n) is 9.92. The number of halogens is 1. The average molecular weight is 454 g/mol. The number of aryl methyl sites for hydroxylation is 2. The third kappa shape index (κ3) is 3.76. The molecule has 1 amide bonds. The second-order valence-corrected chi connectivity index (χ2v) is 8.14. The van der Waals surface area contributed by atoms with Gasteiger partial charge in [0.2, 0.25) is 5.91 Å². The Hall–Kier alpha value is -3.58. The van der Waals surface area contributed by atoms with E-state index in [1.807, 2.05) is 25.1 Å². The van der Waals surface area contributed by atoms with E-state index in [-0.39, 0.29) is 12.0 Å². The number of nitrogens with one attached hydrogen (secondary N) is 1. The first-order valence-corrected chi connectivity index (χ1v) is 10.3. The molecule has 0 saturated carbocycles. The zero-order chi connectivity index (χ0) is 23.2. The third-order valence-electron chi connectivity index (χ3n) is 5.58. The average Bonchev–Trinajstić information content (AvgIpc) is 3.17. The Balaban J connectivity index is 1.85. The van der Waals surface area contributed by atoms with Gasteiger partial charge in [-0.05, 0) is 50.1 Å². The lowest BCUT2D eigenvalue weighted by atomic mass is 9.97. The number of carbonyl (C=O) groups excluding carboxylic acids is 1. The summed E-state index contributed by atoms with van der Waals surface area (Å²) < 4.78 is 11.4. The van der Waals surface area contributed by atoms with Gasteiger partial charge in [0.05, 0.1) is 18.2 Å². The number of aliphatic carboxylic acids is 1. The molecule has 0 aliphatic carbocycles. The van der Waals surface area contributed by atoms with Gasteiger partial charge < -0.3 is 19.3 Å². The number of carbonyl (C=O) groups is 2. The van der Waals surface area contributed by atoms with E-state index in [0.717, 1.165) is 16.5 Å². The molecule has 4 aromatic rings. The van der Waals surface area contributed by atoms with E-state index in [2.05, 4.69) is 5.32 Å². The summed E-state index contributed by atoms with van der Waals surface area (Å²) in [7, 11) is 0. The zero-order valence-corrected chi connectivity index (χ0v) is 18.4. The van der Waals surface area contributed by atoms with Crippen molar-refractivity contribution >= 4 is 45.4 Å². The van der Waals surface area contributed by atoms with Gasteiger partial charge in [-0.25, -0.2) is 4.79 Å². The molecule has 7 nitrogen and oxygen atoms in total. The van der Waals surface area contributed by atoms with E-state index in [1.54, 1.807) is 25.3 Å². The second kappa shape index (κ2) is 8.16. The van der Waals surface area contributed by atoms with Crippen LogP contribution in [0.4, 0.5) is 0 Å². The molecule has 2 N–H and O–H groups in total. The van der Waals surface area contributed by atoms with Gasteiger partial charge in [0.25, 0.3) is 0 Å². The molecule has 32 heavy (non-hydrogen) atoms. The van der Waals surface area contributed by atoms with Crippen LogP contribution in [0.3, 0.4) is 0 Å². The lowest BCUT2D eigenvalue weighted by Crippen LogP contribution is -2.39. The number of carboxylic acid groups (broad SMARTS) is 1. The molecule has 164 valence electrons. The Morgan fingerprint density at radius 3 is 2.44 bits per heavy atom. The molecular formula is C24H20ClNO6. The minimum atomic E-state index is -1.16. The first-order chi connectivity index (χ1) is 15.2. The summed E-state index contributed by atoms with van der Waals surface area (Å²) in [4.78, 5) is 35.9. The predicted molar refractivity (Wildman–Crippen MR) is 121 cm³/mol. The van der Waals surface area contributed by atoms with Gasteiger partial charge in [-0.1, -0.05) is 23.7 Å². The Kier molecular flexibility index (Phi) is 5.52. The van der Waals surface area contributed by atoms with Crippen LogP contribution in [0, 0.1) is 13.8 Å². The molecule has 0 aliphatic rings. The Labute approximate surface area is 187 Å². The Morgan fingerprint density at radius 2 is 1.78 bits per heavy atom. The molecule has 8 heteroatoms. The molecule has 0 saturated heterocycles. The minimum absolute atomic E-state index is 0.183. The normalized spacial score (nSPS) is 12.2.